The van der Waals surface area contributed by atoms with Crippen molar-refractivity contribution < 1.29 is 19.0 Å². The van der Waals surface area contributed by atoms with Gasteiger partial charge in [0.2, 0.25) is 0 Å². The van der Waals surface area contributed by atoms with Crippen LogP contribution in [0.2, 0.25) is 0 Å². The third-order valence-corrected chi connectivity index (χ3v) is 3.17. The molecule has 20 heavy (non-hydrogen) atoms. The Morgan fingerprint density at radius 2 is 1.95 bits per heavy atom. The highest BCUT2D eigenvalue weighted by Crippen LogP contribution is 2.20. The number of hydrogen-bond acceptors (Lipinski definition) is 5. The maximum Gasteiger partial charge on any atom is 0.325 e. The number of likely N-dealkylation sites (N-methyl/N-ethyl adjacent to an activating group) is 1. The molecule has 1 aromatic carbocycles. The van der Waals surface area contributed by atoms with Gasteiger partial charge in [-0.2, -0.15) is 0 Å². The molecule has 1 rings (SSSR count). The minimum atomic E-state index is -0.744. The number of nitrogens with one attached hydrogen (secondary N) is 1. The van der Waals surface area contributed by atoms with Crippen LogP contribution in [0.3, 0.4) is 0 Å². The molecule has 1 atom stereocenters. The van der Waals surface area contributed by atoms with E-state index in [0.29, 0.717) is 19.6 Å². The molecule has 5 nitrogen and oxygen atoms in total. The smallest absolute Gasteiger partial charge is 0.325 e. The molecule has 0 bridgehead atoms. The molecule has 1 N–H and O–H groups in total. The molecule has 1 unspecified atom stereocenters. The molecule has 0 aliphatic carbocycles. The van der Waals surface area contributed by atoms with Gasteiger partial charge in [0.25, 0.3) is 0 Å². The molecule has 0 aliphatic heterocycles. The Bertz CT molecular complexity index is 436. The summed E-state index contributed by atoms with van der Waals surface area (Å²) in [6.45, 7) is 4.74. The molecular formula is C15H23NO4. The molecule has 0 aliphatic rings. The fourth-order valence-corrected chi connectivity index (χ4v) is 1.75. The first-order valence-corrected chi connectivity index (χ1v) is 6.68. The fourth-order valence-electron chi connectivity index (χ4n) is 1.75. The van der Waals surface area contributed by atoms with Crippen LogP contribution in [0.5, 0.6) is 11.5 Å². The topological polar surface area (TPSA) is 56.8 Å². The zero-order valence-electron chi connectivity index (χ0n) is 12.6. The van der Waals surface area contributed by atoms with E-state index in [0.717, 1.165) is 11.5 Å². The van der Waals surface area contributed by atoms with Gasteiger partial charge in [0.15, 0.2) is 0 Å². The van der Waals surface area contributed by atoms with E-state index in [4.69, 9.17) is 14.2 Å². The van der Waals surface area contributed by atoms with Crippen LogP contribution in [0.25, 0.3) is 0 Å². The Morgan fingerprint density at radius 1 is 1.30 bits per heavy atom. The summed E-state index contributed by atoms with van der Waals surface area (Å²) in [5.41, 5.74) is -0.744. The van der Waals surface area contributed by atoms with Gasteiger partial charge in [-0.15, -0.1) is 0 Å². The largest absolute Gasteiger partial charge is 0.494 e. The molecule has 0 saturated heterocycles. The van der Waals surface area contributed by atoms with Crippen LogP contribution >= 0.6 is 0 Å². The Kier molecular flexibility index (Phi) is 6.31. The molecule has 0 saturated carbocycles. The lowest BCUT2D eigenvalue weighted by Gasteiger charge is -2.25. The van der Waals surface area contributed by atoms with Crippen LogP contribution in [0.15, 0.2) is 24.3 Å². The predicted octanol–water partition coefficient (Wildman–Crippen LogP) is 2.01. The SMILES string of the molecule is CCOc1cccc(OCCC(C)(NC)C(=O)OC)c1. The van der Waals surface area contributed by atoms with Crippen LogP contribution in [-0.4, -0.2) is 38.9 Å². The Balaban J connectivity index is 2.55. The van der Waals surface area contributed by atoms with E-state index in [1.807, 2.05) is 31.2 Å². The zero-order chi connectivity index (χ0) is 15.0. The monoisotopic (exact) mass is 281 g/mol. The molecule has 0 aromatic heterocycles. The Hall–Kier alpha value is -1.75. The van der Waals surface area contributed by atoms with E-state index in [2.05, 4.69) is 5.32 Å². The van der Waals surface area contributed by atoms with Gasteiger partial charge in [-0.1, -0.05) is 6.07 Å². The summed E-state index contributed by atoms with van der Waals surface area (Å²) in [6, 6.07) is 7.44. The summed E-state index contributed by atoms with van der Waals surface area (Å²) in [5, 5.41) is 2.97. The van der Waals surface area contributed by atoms with Crippen molar-refractivity contribution in [2.45, 2.75) is 25.8 Å². The molecular weight excluding hydrogens is 258 g/mol. The number of rotatable bonds is 8. The van der Waals surface area contributed by atoms with Crippen molar-refractivity contribution in [2.75, 3.05) is 27.4 Å². The maximum atomic E-state index is 11.7. The highest BCUT2D eigenvalue weighted by Gasteiger charge is 2.32. The quantitative estimate of drug-likeness (QED) is 0.739. The van der Waals surface area contributed by atoms with Crippen molar-refractivity contribution in [2.24, 2.45) is 0 Å². The standard InChI is InChI=1S/C15H23NO4/c1-5-19-12-7-6-8-13(11-12)20-10-9-15(2,16-3)14(17)18-4/h6-8,11,16H,5,9-10H2,1-4H3. The highest BCUT2D eigenvalue weighted by atomic mass is 16.5. The van der Waals surface area contributed by atoms with Crippen molar-refractivity contribution in [3.63, 3.8) is 0 Å². The lowest BCUT2D eigenvalue weighted by atomic mass is 9.99. The van der Waals surface area contributed by atoms with E-state index in [-0.39, 0.29) is 5.97 Å². The molecule has 0 heterocycles. The lowest BCUT2D eigenvalue weighted by molar-refractivity contribution is -0.148. The van der Waals surface area contributed by atoms with Crippen LogP contribution in [-0.2, 0) is 9.53 Å². The van der Waals surface area contributed by atoms with Gasteiger partial charge in [-0.25, -0.2) is 0 Å². The average Bonchev–Trinajstić information content (AvgIpc) is 2.47. The molecule has 0 spiro atoms. The van der Waals surface area contributed by atoms with Crippen LogP contribution in [0.1, 0.15) is 20.3 Å². The van der Waals surface area contributed by atoms with E-state index in [9.17, 15) is 4.79 Å². The molecule has 0 fully saturated rings. The first kappa shape index (κ1) is 16.3. The van der Waals surface area contributed by atoms with Crippen LogP contribution in [0.4, 0.5) is 0 Å². The molecule has 0 amide bonds. The third-order valence-electron chi connectivity index (χ3n) is 3.17. The average molecular weight is 281 g/mol. The van der Waals surface area contributed by atoms with Gasteiger partial charge in [-0.05, 0) is 33.0 Å². The fraction of sp³-hybridized carbons (Fsp3) is 0.533. The normalized spacial score (nSPS) is 13.4. The molecule has 1 aromatic rings. The first-order chi connectivity index (χ1) is 9.55. The highest BCUT2D eigenvalue weighted by molar-refractivity contribution is 5.80. The van der Waals surface area contributed by atoms with Gasteiger partial charge in [0.05, 0.1) is 20.3 Å². The predicted molar refractivity (Wildman–Crippen MR) is 77.2 cm³/mol. The number of ether oxygens (including phenoxy) is 3. The Labute approximate surface area is 120 Å². The summed E-state index contributed by atoms with van der Waals surface area (Å²) >= 11 is 0. The molecule has 0 radical (unpaired) electrons. The summed E-state index contributed by atoms with van der Waals surface area (Å²) in [4.78, 5) is 11.7. The van der Waals surface area contributed by atoms with Crippen LogP contribution in [0, 0.1) is 0 Å². The summed E-state index contributed by atoms with van der Waals surface area (Å²) in [6.07, 6.45) is 0.509. The van der Waals surface area contributed by atoms with E-state index in [1.54, 1.807) is 14.0 Å². The number of benzene rings is 1. The third kappa shape index (κ3) is 4.42. The van der Waals surface area contributed by atoms with E-state index < -0.39 is 5.54 Å². The first-order valence-electron chi connectivity index (χ1n) is 6.68. The van der Waals surface area contributed by atoms with Gasteiger partial charge in [-0.3, -0.25) is 4.79 Å². The second-order valence-electron chi connectivity index (χ2n) is 4.58. The van der Waals surface area contributed by atoms with Crippen molar-refractivity contribution in [3.05, 3.63) is 24.3 Å². The van der Waals surface area contributed by atoms with Gasteiger partial charge < -0.3 is 19.5 Å². The summed E-state index contributed by atoms with van der Waals surface area (Å²) in [5.74, 6) is 1.19. The Morgan fingerprint density at radius 3 is 2.50 bits per heavy atom. The summed E-state index contributed by atoms with van der Waals surface area (Å²) in [7, 11) is 3.11. The number of methoxy groups -OCH3 is 1. The minimum Gasteiger partial charge on any atom is -0.494 e. The van der Waals surface area contributed by atoms with Crippen molar-refractivity contribution >= 4 is 5.97 Å². The number of carbonyl (C=O) groups excluding carboxylic acids is 1. The number of esters is 1. The number of hydrogen-bond donors (Lipinski definition) is 1. The van der Waals surface area contributed by atoms with Gasteiger partial charge in [0, 0.05) is 12.5 Å². The maximum absolute atomic E-state index is 11.7. The lowest BCUT2D eigenvalue weighted by Crippen LogP contribution is -2.49. The van der Waals surface area contributed by atoms with Gasteiger partial charge >= 0.3 is 5.97 Å². The minimum absolute atomic E-state index is 0.299. The summed E-state index contributed by atoms with van der Waals surface area (Å²) < 4.78 is 15.8. The molecule has 5 heteroatoms. The molecule has 112 valence electrons. The van der Waals surface area contributed by atoms with Crippen LogP contribution < -0.4 is 14.8 Å². The van der Waals surface area contributed by atoms with Crippen molar-refractivity contribution in [1.82, 2.24) is 5.32 Å². The van der Waals surface area contributed by atoms with Gasteiger partial charge in [0.1, 0.15) is 17.0 Å². The van der Waals surface area contributed by atoms with Crippen molar-refractivity contribution in [3.8, 4) is 11.5 Å². The zero-order valence-corrected chi connectivity index (χ0v) is 12.6. The van der Waals surface area contributed by atoms with Crippen molar-refractivity contribution in [1.29, 1.82) is 0 Å². The van der Waals surface area contributed by atoms with E-state index in [1.165, 1.54) is 7.11 Å². The van der Waals surface area contributed by atoms with E-state index >= 15 is 0 Å². The second kappa shape index (κ2) is 7.75. The number of carbonyl (C=O) groups is 1. The second-order valence-corrected chi connectivity index (χ2v) is 4.58.